The van der Waals surface area contributed by atoms with Gasteiger partial charge in [-0.1, -0.05) is 23.2 Å². The summed E-state index contributed by atoms with van der Waals surface area (Å²) in [6.07, 6.45) is 0. The summed E-state index contributed by atoms with van der Waals surface area (Å²) in [7, 11) is 0. The topological polar surface area (TPSA) is 182 Å². The molecule has 13 nitrogen and oxygen atoms in total. The lowest BCUT2D eigenvalue weighted by Crippen LogP contribution is -2.00. The summed E-state index contributed by atoms with van der Waals surface area (Å²) in [6, 6.07) is 2.46. The molecule has 0 amide bonds. The largest absolute Gasteiger partial charge is 0.443 e. The first-order valence-electron chi connectivity index (χ1n) is 6.45. The molecule has 0 bridgehead atoms. The van der Waals surface area contributed by atoms with Crippen molar-refractivity contribution in [3.8, 4) is 11.5 Å². The van der Waals surface area contributed by atoms with Crippen LogP contribution in [-0.2, 0) is 0 Å². The van der Waals surface area contributed by atoms with Crippen LogP contribution in [0.4, 0.5) is 22.7 Å². The van der Waals surface area contributed by atoms with Gasteiger partial charge in [0.15, 0.2) is 0 Å². The highest BCUT2D eigenvalue weighted by atomic mass is 35.5. The van der Waals surface area contributed by atoms with Gasteiger partial charge in [-0.3, -0.25) is 40.5 Å². The number of hydrogen-bond donors (Lipinski definition) is 0. The molecule has 0 aliphatic rings. The van der Waals surface area contributed by atoms with Crippen molar-refractivity contribution in [2.45, 2.75) is 0 Å². The summed E-state index contributed by atoms with van der Waals surface area (Å²) in [5.74, 6) is -1.33. The predicted molar refractivity (Wildman–Crippen MR) is 89.6 cm³/mol. The molecule has 0 saturated heterocycles. The summed E-state index contributed by atoms with van der Waals surface area (Å²) in [4.78, 5) is 40.0. The lowest BCUT2D eigenvalue weighted by Gasteiger charge is -2.08. The van der Waals surface area contributed by atoms with Crippen LogP contribution in [0, 0.1) is 40.5 Å². The van der Waals surface area contributed by atoms with E-state index < -0.39 is 64.0 Å². The van der Waals surface area contributed by atoms with Crippen LogP contribution in [0.15, 0.2) is 24.3 Å². The molecule has 0 N–H and O–H groups in total. The summed E-state index contributed by atoms with van der Waals surface area (Å²) in [5, 5.41) is 42.9. The molecule has 0 aromatic heterocycles. The Bertz CT molecular complexity index is 931. The van der Waals surface area contributed by atoms with Gasteiger partial charge in [0.25, 0.3) is 11.4 Å². The van der Waals surface area contributed by atoms with Crippen molar-refractivity contribution in [3.63, 3.8) is 0 Å². The van der Waals surface area contributed by atoms with Crippen molar-refractivity contribution in [1.29, 1.82) is 0 Å². The SMILES string of the molecule is O=[N+]([O-])c1cc([N+](=O)[O-])c(Oc2cc(Cl)c([N+](=O)[O-])cc2[N+](=O)[O-])cc1Cl. The monoisotopic (exact) mass is 418 g/mol. The molecule has 0 saturated carbocycles. The first-order valence-corrected chi connectivity index (χ1v) is 7.21. The molecule has 0 fully saturated rings. The molecule has 2 rings (SSSR count). The van der Waals surface area contributed by atoms with Crippen molar-refractivity contribution in [2.75, 3.05) is 0 Å². The quantitative estimate of drug-likeness (QED) is 0.483. The lowest BCUT2D eigenvalue weighted by atomic mass is 10.2. The first-order chi connectivity index (χ1) is 12.5. The maximum atomic E-state index is 11.1. The van der Waals surface area contributed by atoms with Crippen LogP contribution in [0.5, 0.6) is 11.5 Å². The second-order valence-corrected chi connectivity index (χ2v) is 5.49. The predicted octanol–water partition coefficient (Wildman–Crippen LogP) is 4.42. The Morgan fingerprint density at radius 1 is 0.593 bits per heavy atom. The van der Waals surface area contributed by atoms with E-state index in [4.69, 9.17) is 27.9 Å². The molecule has 0 aliphatic heterocycles. The average molecular weight is 419 g/mol. The Hall–Kier alpha value is -3.58. The number of rotatable bonds is 6. The third-order valence-corrected chi connectivity index (χ3v) is 3.67. The molecule has 0 aliphatic carbocycles. The average Bonchev–Trinajstić information content (AvgIpc) is 2.53. The smallest absolute Gasteiger partial charge is 0.318 e. The third-order valence-electron chi connectivity index (χ3n) is 3.06. The number of ether oxygens (including phenoxy) is 1. The molecule has 0 atom stereocenters. The van der Waals surface area contributed by atoms with Crippen LogP contribution >= 0.6 is 23.2 Å². The van der Waals surface area contributed by atoms with Gasteiger partial charge in [-0.2, -0.15) is 0 Å². The van der Waals surface area contributed by atoms with E-state index in [1.54, 1.807) is 0 Å². The standard InChI is InChI=1S/C12H4Cl2N4O9/c13-5-1-11(9(17(23)24)3-7(5)15(19)20)27-12-2-6(14)8(16(21)22)4-10(12)18(25)26/h1-4H. The minimum absolute atomic E-state index is 0.510. The molecule has 27 heavy (non-hydrogen) atoms. The second kappa shape index (κ2) is 7.35. The number of nitro groups is 4. The molecule has 0 unspecified atom stereocenters. The zero-order valence-electron chi connectivity index (χ0n) is 12.5. The number of nitro benzene ring substituents is 4. The Labute approximate surface area is 157 Å². The van der Waals surface area contributed by atoms with Gasteiger partial charge in [0.2, 0.25) is 11.5 Å². The highest BCUT2D eigenvalue weighted by molar-refractivity contribution is 6.33. The maximum Gasteiger partial charge on any atom is 0.318 e. The number of hydrogen-bond acceptors (Lipinski definition) is 9. The third kappa shape index (κ3) is 3.99. The Kier molecular flexibility index (Phi) is 5.37. The van der Waals surface area contributed by atoms with Gasteiger partial charge >= 0.3 is 11.4 Å². The molecule has 0 radical (unpaired) electrons. The number of nitrogens with zero attached hydrogens (tertiary/aromatic N) is 4. The van der Waals surface area contributed by atoms with Crippen LogP contribution in [0.2, 0.25) is 10.0 Å². The van der Waals surface area contributed by atoms with Gasteiger partial charge in [-0.15, -0.1) is 0 Å². The van der Waals surface area contributed by atoms with Crippen molar-refractivity contribution in [2.24, 2.45) is 0 Å². The number of benzene rings is 2. The molecule has 0 heterocycles. The highest BCUT2D eigenvalue weighted by Crippen LogP contribution is 2.43. The van der Waals surface area contributed by atoms with Crippen molar-refractivity contribution < 1.29 is 24.4 Å². The molecule has 15 heteroatoms. The van der Waals surface area contributed by atoms with E-state index in [0.717, 1.165) is 12.1 Å². The van der Waals surface area contributed by atoms with E-state index in [1.807, 2.05) is 0 Å². The van der Waals surface area contributed by atoms with E-state index in [2.05, 4.69) is 0 Å². The zero-order valence-corrected chi connectivity index (χ0v) is 14.0. The Morgan fingerprint density at radius 2 is 0.889 bits per heavy atom. The molecule has 2 aromatic rings. The maximum absolute atomic E-state index is 11.1. The Balaban J connectivity index is 2.66. The molecule has 140 valence electrons. The van der Waals surface area contributed by atoms with Gasteiger partial charge in [-0.25, -0.2) is 0 Å². The Morgan fingerprint density at radius 3 is 1.15 bits per heavy atom. The molecular formula is C12H4Cl2N4O9. The van der Waals surface area contributed by atoms with Gasteiger partial charge in [0.1, 0.15) is 10.0 Å². The fourth-order valence-electron chi connectivity index (χ4n) is 1.91. The summed E-state index contributed by atoms with van der Waals surface area (Å²) >= 11 is 11.3. The van der Waals surface area contributed by atoms with E-state index in [9.17, 15) is 40.5 Å². The minimum atomic E-state index is -1.03. The highest BCUT2D eigenvalue weighted by Gasteiger charge is 2.29. The summed E-state index contributed by atoms with van der Waals surface area (Å²) < 4.78 is 5.10. The zero-order chi connectivity index (χ0) is 20.5. The van der Waals surface area contributed by atoms with Gasteiger partial charge < -0.3 is 4.74 Å². The fraction of sp³-hybridized carbons (Fsp3) is 0. The van der Waals surface area contributed by atoms with Crippen molar-refractivity contribution in [1.82, 2.24) is 0 Å². The lowest BCUT2D eigenvalue weighted by molar-refractivity contribution is -0.395. The number of halogens is 2. The minimum Gasteiger partial charge on any atom is -0.443 e. The van der Waals surface area contributed by atoms with E-state index in [1.165, 1.54) is 0 Å². The van der Waals surface area contributed by atoms with Gasteiger partial charge in [-0.05, 0) is 0 Å². The van der Waals surface area contributed by atoms with Crippen molar-refractivity contribution >= 4 is 46.0 Å². The first kappa shape index (κ1) is 19.7. The van der Waals surface area contributed by atoms with Gasteiger partial charge in [0, 0.05) is 12.1 Å². The van der Waals surface area contributed by atoms with Crippen molar-refractivity contribution in [3.05, 3.63) is 74.8 Å². The van der Waals surface area contributed by atoms with Crippen LogP contribution in [0.25, 0.3) is 0 Å². The van der Waals surface area contributed by atoms with E-state index in [-0.39, 0.29) is 0 Å². The van der Waals surface area contributed by atoms with Crippen LogP contribution < -0.4 is 4.74 Å². The molecule has 2 aromatic carbocycles. The summed E-state index contributed by atoms with van der Waals surface area (Å²) in [5.41, 5.74) is -3.39. The van der Waals surface area contributed by atoms with E-state index >= 15 is 0 Å². The molecular weight excluding hydrogens is 415 g/mol. The molecule has 0 spiro atoms. The van der Waals surface area contributed by atoms with E-state index in [0.29, 0.717) is 12.1 Å². The fourth-order valence-corrected chi connectivity index (χ4v) is 2.36. The van der Waals surface area contributed by atoms with Crippen LogP contribution in [0.1, 0.15) is 0 Å². The van der Waals surface area contributed by atoms with Gasteiger partial charge in [0.05, 0.1) is 31.8 Å². The second-order valence-electron chi connectivity index (χ2n) is 4.67. The van der Waals surface area contributed by atoms with Crippen LogP contribution in [-0.4, -0.2) is 19.7 Å². The normalized spacial score (nSPS) is 10.3. The summed E-state index contributed by atoms with van der Waals surface area (Å²) in [6.45, 7) is 0. The van der Waals surface area contributed by atoms with Crippen LogP contribution in [0.3, 0.4) is 0 Å².